The smallest absolute Gasteiger partial charge is 0.207 e. The Kier molecular flexibility index (Phi) is 4.75. The summed E-state index contributed by atoms with van der Waals surface area (Å²) in [6.07, 6.45) is 0. The van der Waals surface area contributed by atoms with E-state index < -0.39 is 26.6 Å². The number of rotatable bonds is 4. The van der Waals surface area contributed by atoms with Crippen molar-refractivity contribution in [1.29, 1.82) is 0 Å². The molecule has 0 saturated carbocycles. The van der Waals surface area contributed by atoms with Crippen molar-refractivity contribution in [3.8, 4) is 0 Å². The molecule has 0 saturated heterocycles. The Morgan fingerprint density at radius 1 is 1.14 bits per heavy atom. The van der Waals surface area contributed by atoms with Gasteiger partial charge in [-0.3, -0.25) is 0 Å². The van der Waals surface area contributed by atoms with Crippen molar-refractivity contribution in [3.05, 3.63) is 64.1 Å². The van der Waals surface area contributed by atoms with Gasteiger partial charge in [-0.2, -0.15) is 4.31 Å². The molecule has 0 fully saturated rings. The van der Waals surface area contributed by atoms with Gasteiger partial charge in [-0.1, -0.05) is 28.1 Å². The number of hydrogen-bond acceptors (Lipinski definition) is 2. The van der Waals surface area contributed by atoms with E-state index in [1.165, 1.54) is 7.05 Å². The second-order valence-electron chi connectivity index (χ2n) is 4.47. The normalized spacial score (nSPS) is 11.9. The van der Waals surface area contributed by atoms with E-state index in [0.29, 0.717) is 6.07 Å². The second kappa shape index (κ2) is 6.21. The fraction of sp³-hybridized carbons (Fsp3) is 0.143. The van der Waals surface area contributed by atoms with Crippen LogP contribution in [0.25, 0.3) is 0 Å². The molecule has 0 N–H and O–H groups in total. The molecular weight excluding hydrogens is 364 g/mol. The third-order valence-electron chi connectivity index (χ3n) is 2.88. The van der Waals surface area contributed by atoms with E-state index in [1.54, 1.807) is 18.2 Å². The molecule has 0 bridgehead atoms. The van der Waals surface area contributed by atoms with Gasteiger partial charge in [0, 0.05) is 24.1 Å². The zero-order chi connectivity index (χ0) is 15.6. The standard InChI is InChI=1S/C14H12BrF2NO2S/c1-18(9-10-3-2-4-11(15)7-10)21(19,20)14-6-5-12(16)8-13(14)17/h2-8H,9H2,1H3. The molecule has 0 unspecified atom stereocenters. The van der Waals surface area contributed by atoms with Crippen LogP contribution >= 0.6 is 15.9 Å². The molecule has 2 rings (SSSR count). The lowest BCUT2D eigenvalue weighted by Gasteiger charge is -2.17. The van der Waals surface area contributed by atoms with Crippen molar-refractivity contribution < 1.29 is 17.2 Å². The minimum Gasteiger partial charge on any atom is -0.207 e. The summed E-state index contributed by atoms with van der Waals surface area (Å²) in [6, 6.07) is 9.53. The topological polar surface area (TPSA) is 37.4 Å². The van der Waals surface area contributed by atoms with E-state index in [4.69, 9.17) is 0 Å². The molecule has 112 valence electrons. The first kappa shape index (κ1) is 16.1. The number of sulfonamides is 1. The van der Waals surface area contributed by atoms with Crippen LogP contribution in [0.1, 0.15) is 5.56 Å². The van der Waals surface area contributed by atoms with Gasteiger partial charge in [0.1, 0.15) is 16.5 Å². The van der Waals surface area contributed by atoms with Crippen LogP contribution in [0, 0.1) is 11.6 Å². The van der Waals surface area contributed by atoms with E-state index in [1.807, 2.05) is 6.07 Å². The molecule has 7 heteroatoms. The largest absolute Gasteiger partial charge is 0.246 e. The van der Waals surface area contributed by atoms with Gasteiger partial charge >= 0.3 is 0 Å². The Bertz CT molecular complexity index is 765. The number of benzene rings is 2. The minimum absolute atomic E-state index is 0.0819. The van der Waals surface area contributed by atoms with Crippen molar-refractivity contribution in [2.24, 2.45) is 0 Å². The van der Waals surface area contributed by atoms with E-state index in [-0.39, 0.29) is 6.54 Å². The third-order valence-corrected chi connectivity index (χ3v) is 5.21. The van der Waals surface area contributed by atoms with Crippen LogP contribution in [0.15, 0.2) is 51.8 Å². The summed E-state index contributed by atoms with van der Waals surface area (Å²) in [4.78, 5) is -0.540. The first-order chi connectivity index (χ1) is 9.80. The van der Waals surface area contributed by atoms with Crippen LogP contribution in [-0.2, 0) is 16.6 Å². The molecule has 0 aliphatic carbocycles. The number of hydrogen-bond donors (Lipinski definition) is 0. The quantitative estimate of drug-likeness (QED) is 0.819. The summed E-state index contributed by atoms with van der Waals surface area (Å²) in [5.41, 5.74) is 0.748. The average Bonchev–Trinajstić information content (AvgIpc) is 2.38. The van der Waals surface area contributed by atoms with Crippen LogP contribution in [0.2, 0.25) is 0 Å². The van der Waals surface area contributed by atoms with Gasteiger partial charge in [-0.25, -0.2) is 17.2 Å². The summed E-state index contributed by atoms with van der Waals surface area (Å²) < 4.78 is 53.0. The molecule has 2 aromatic rings. The molecule has 0 heterocycles. The predicted molar refractivity (Wildman–Crippen MR) is 79.2 cm³/mol. The zero-order valence-electron chi connectivity index (χ0n) is 11.1. The summed E-state index contributed by atoms with van der Waals surface area (Å²) in [5.74, 6) is -1.92. The number of halogens is 3. The van der Waals surface area contributed by atoms with Gasteiger partial charge < -0.3 is 0 Å². The van der Waals surface area contributed by atoms with E-state index in [9.17, 15) is 17.2 Å². The molecule has 0 aromatic heterocycles. The van der Waals surface area contributed by atoms with Gasteiger partial charge in [0.25, 0.3) is 0 Å². The fourth-order valence-corrected chi connectivity index (χ4v) is 3.48. The maximum atomic E-state index is 13.7. The maximum absolute atomic E-state index is 13.7. The van der Waals surface area contributed by atoms with Gasteiger partial charge in [0.15, 0.2) is 0 Å². The van der Waals surface area contributed by atoms with Crippen molar-refractivity contribution in [1.82, 2.24) is 4.31 Å². The molecule has 21 heavy (non-hydrogen) atoms. The molecule has 0 atom stereocenters. The highest BCUT2D eigenvalue weighted by atomic mass is 79.9. The monoisotopic (exact) mass is 375 g/mol. The summed E-state index contributed by atoms with van der Waals surface area (Å²) in [7, 11) is -2.67. The van der Waals surface area contributed by atoms with Gasteiger partial charge in [0.05, 0.1) is 0 Å². The second-order valence-corrected chi connectivity index (χ2v) is 7.39. The van der Waals surface area contributed by atoms with Crippen LogP contribution < -0.4 is 0 Å². The number of nitrogens with zero attached hydrogens (tertiary/aromatic N) is 1. The van der Waals surface area contributed by atoms with Crippen molar-refractivity contribution in [2.75, 3.05) is 7.05 Å². The van der Waals surface area contributed by atoms with Crippen molar-refractivity contribution >= 4 is 26.0 Å². The SMILES string of the molecule is CN(Cc1cccc(Br)c1)S(=O)(=O)c1ccc(F)cc1F. The highest BCUT2D eigenvalue weighted by molar-refractivity contribution is 9.10. The molecule has 0 radical (unpaired) electrons. The first-order valence-corrected chi connectivity index (χ1v) is 8.20. The van der Waals surface area contributed by atoms with Crippen LogP contribution in [-0.4, -0.2) is 19.8 Å². The Balaban J connectivity index is 2.30. The van der Waals surface area contributed by atoms with E-state index in [0.717, 1.165) is 26.5 Å². The van der Waals surface area contributed by atoms with Crippen molar-refractivity contribution in [3.63, 3.8) is 0 Å². The molecular formula is C14H12BrF2NO2S. The van der Waals surface area contributed by atoms with Crippen LogP contribution in [0.5, 0.6) is 0 Å². The molecule has 0 aliphatic heterocycles. The highest BCUT2D eigenvalue weighted by Crippen LogP contribution is 2.21. The highest BCUT2D eigenvalue weighted by Gasteiger charge is 2.24. The average molecular weight is 376 g/mol. The Morgan fingerprint density at radius 2 is 1.86 bits per heavy atom. The summed E-state index contributed by atoms with van der Waals surface area (Å²) >= 11 is 3.30. The molecule has 2 aromatic carbocycles. The lowest BCUT2D eigenvalue weighted by Crippen LogP contribution is -2.27. The maximum Gasteiger partial charge on any atom is 0.246 e. The van der Waals surface area contributed by atoms with Crippen molar-refractivity contribution in [2.45, 2.75) is 11.4 Å². The van der Waals surface area contributed by atoms with Gasteiger partial charge in [-0.15, -0.1) is 0 Å². The predicted octanol–water partition coefficient (Wildman–Crippen LogP) is 3.55. The van der Waals surface area contributed by atoms with Crippen LogP contribution in [0.3, 0.4) is 0 Å². The summed E-state index contributed by atoms with van der Waals surface area (Å²) in [6.45, 7) is 0.0819. The first-order valence-electron chi connectivity index (χ1n) is 5.96. The minimum atomic E-state index is -4.02. The Hall–Kier alpha value is -1.31. The van der Waals surface area contributed by atoms with E-state index in [2.05, 4.69) is 15.9 Å². The summed E-state index contributed by atoms with van der Waals surface area (Å²) in [5, 5.41) is 0. The molecule has 3 nitrogen and oxygen atoms in total. The lowest BCUT2D eigenvalue weighted by atomic mass is 10.2. The van der Waals surface area contributed by atoms with Gasteiger partial charge in [-0.05, 0) is 29.8 Å². The van der Waals surface area contributed by atoms with Gasteiger partial charge in [0.2, 0.25) is 10.0 Å². The molecule has 0 amide bonds. The zero-order valence-corrected chi connectivity index (χ0v) is 13.5. The molecule has 0 spiro atoms. The Labute approximate surface area is 130 Å². The molecule has 0 aliphatic rings. The lowest BCUT2D eigenvalue weighted by molar-refractivity contribution is 0.458. The fourth-order valence-electron chi connectivity index (χ4n) is 1.83. The van der Waals surface area contributed by atoms with E-state index >= 15 is 0 Å². The van der Waals surface area contributed by atoms with Crippen LogP contribution in [0.4, 0.5) is 8.78 Å². The third kappa shape index (κ3) is 3.66. The Morgan fingerprint density at radius 3 is 2.48 bits per heavy atom.